The molecule has 2 aromatic rings. The smallest absolute Gasteiger partial charge is 0.0721 e. The number of aryl methyl sites for hydroxylation is 1. The van der Waals surface area contributed by atoms with Gasteiger partial charge in [-0.05, 0) is 24.0 Å². The molecule has 0 bridgehead atoms. The quantitative estimate of drug-likeness (QED) is 0.824. The van der Waals surface area contributed by atoms with Crippen molar-refractivity contribution in [1.29, 1.82) is 0 Å². The van der Waals surface area contributed by atoms with Crippen LogP contribution >= 0.6 is 0 Å². The Morgan fingerprint density at radius 2 is 1.42 bits per heavy atom. The van der Waals surface area contributed by atoms with E-state index in [2.05, 4.69) is 36.4 Å². The summed E-state index contributed by atoms with van der Waals surface area (Å²) in [5.41, 5.74) is 8.31. The molecule has 2 rings (SSSR count). The summed E-state index contributed by atoms with van der Waals surface area (Å²) >= 11 is 0. The van der Waals surface area contributed by atoms with Crippen LogP contribution in [0.5, 0.6) is 0 Å². The highest BCUT2D eigenvalue weighted by molar-refractivity contribution is 5.15. The van der Waals surface area contributed by atoms with Crippen LogP contribution in [0.2, 0.25) is 0 Å². The van der Waals surface area contributed by atoms with Crippen molar-refractivity contribution >= 4 is 0 Å². The summed E-state index contributed by atoms with van der Waals surface area (Å²) in [6, 6.07) is 20.7. The van der Waals surface area contributed by atoms with E-state index in [9.17, 15) is 0 Å². The Kier molecular flexibility index (Phi) is 5.60. The van der Waals surface area contributed by atoms with E-state index in [1.54, 1.807) is 0 Å². The number of nitrogens with two attached hydrogens (primary N) is 1. The molecular formula is C17H21NO. The lowest BCUT2D eigenvalue weighted by Gasteiger charge is -2.16. The lowest BCUT2D eigenvalue weighted by atomic mass is 10.1. The van der Waals surface area contributed by atoms with E-state index in [0.29, 0.717) is 13.2 Å². The third-order valence-electron chi connectivity index (χ3n) is 3.19. The Hall–Kier alpha value is -1.64. The monoisotopic (exact) mass is 255 g/mol. The second-order valence-electron chi connectivity index (χ2n) is 4.68. The summed E-state index contributed by atoms with van der Waals surface area (Å²) in [7, 11) is 0. The third kappa shape index (κ3) is 4.86. The van der Waals surface area contributed by atoms with Gasteiger partial charge in [0.1, 0.15) is 0 Å². The average molecular weight is 255 g/mol. The molecule has 0 heterocycles. The van der Waals surface area contributed by atoms with Gasteiger partial charge >= 0.3 is 0 Å². The summed E-state index contributed by atoms with van der Waals surface area (Å²) < 4.78 is 5.87. The van der Waals surface area contributed by atoms with Crippen LogP contribution < -0.4 is 5.73 Å². The van der Waals surface area contributed by atoms with Crippen molar-refractivity contribution in [2.75, 3.05) is 6.54 Å². The van der Waals surface area contributed by atoms with Crippen molar-refractivity contribution in [2.45, 2.75) is 25.6 Å². The predicted octanol–water partition coefficient (Wildman–Crippen LogP) is 3.16. The van der Waals surface area contributed by atoms with Crippen LogP contribution in [-0.2, 0) is 17.8 Å². The summed E-state index contributed by atoms with van der Waals surface area (Å²) in [5.74, 6) is 0. The molecule has 1 atom stereocenters. The molecule has 2 aromatic carbocycles. The summed E-state index contributed by atoms with van der Waals surface area (Å²) in [5, 5.41) is 0. The van der Waals surface area contributed by atoms with Gasteiger partial charge in [-0.15, -0.1) is 0 Å². The Labute approximate surface area is 115 Å². The van der Waals surface area contributed by atoms with Crippen LogP contribution in [0.1, 0.15) is 17.5 Å². The highest BCUT2D eigenvalue weighted by Crippen LogP contribution is 2.09. The second kappa shape index (κ2) is 7.72. The number of benzene rings is 2. The Morgan fingerprint density at radius 1 is 0.842 bits per heavy atom. The van der Waals surface area contributed by atoms with Gasteiger partial charge in [0.05, 0.1) is 12.7 Å². The van der Waals surface area contributed by atoms with Crippen LogP contribution in [0.4, 0.5) is 0 Å². The molecule has 0 aliphatic rings. The van der Waals surface area contributed by atoms with Gasteiger partial charge in [-0.2, -0.15) is 0 Å². The minimum absolute atomic E-state index is 0.125. The van der Waals surface area contributed by atoms with E-state index in [4.69, 9.17) is 10.5 Å². The van der Waals surface area contributed by atoms with Crippen molar-refractivity contribution in [3.8, 4) is 0 Å². The Balaban J connectivity index is 1.77. The van der Waals surface area contributed by atoms with Crippen LogP contribution in [-0.4, -0.2) is 12.6 Å². The molecule has 2 nitrogen and oxygen atoms in total. The molecule has 2 N–H and O–H groups in total. The standard InChI is InChI=1S/C17H21NO/c18-13-17(12-11-15-7-3-1-4-8-15)19-14-16-9-5-2-6-10-16/h1-10,17H,11-14,18H2/t17-/m0/s1. The molecule has 0 amide bonds. The first kappa shape index (κ1) is 13.8. The topological polar surface area (TPSA) is 35.2 Å². The predicted molar refractivity (Wildman–Crippen MR) is 78.8 cm³/mol. The van der Waals surface area contributed by atoms with Crippen molar-refractivity contribution < 1.29 is 4.74 Å². The van der Waals surface area contributed by atoms with Crippen LogP contribution in [0.25, 0.3) is 0 Å². The molecule has 0 aliphatic carbocycles. The molecular weight excluding hydrogens is 234 g/mol. The van der Waals surface area contributed by atoms with Crippen LogP contribution in [0.15, 0.2) is 60.7 Å². The van der Waals surface area contributed by atoms with Crippen molar-refractivity contribution in [2.24, 2.45) is 5.73 Å². The average Bonchev–Trinajstić information content (AvgIpc) is 2.49. The van der Waals surface area contributed by atoms with E-state index in [1.807, 2.05) is 24.3 Å². The van der Waals surface area contributed by atoms with Gasteiger partial charge < -0.3 is 10.5 Å². The first-order valence-corrected chi connectivity index (χ1v) is 6.78. The highest BCUT2D eigenvalue weighted by Gasteiger charge is 2.07. The fourth-order valence-electron chi connectivity index (χ4n) is 2.03. The minimum atomic E-state index is 0.125. The molecule has 0 saturated heterocycles. The summed E-state index contributed by atoms with van der Waals surface area (Å²) in [6.07, 6.45) is 2.10. The molecule has 100 valence electrons. The van der Waals surface area contributed by atoms with Gasteiger partial charge in [-0.1, -0.05) is 60.7 Å². The molecule has 0 spiro atoms. The van der Waals surface area contributed by atoms with E-state index in [0.717, 1.165) is 12.8 Å². The maximum Gasteiger partial charge on any atom is 0.0721 e. The molecule has 0 saturated carbocycles. The normalized spacial score (nSPS) is 12.3. The molecule has 0 aromatic heterocycles. The van der Waals surface area contributed by atoms with Crippen LogP contribution in [0.3, 0.4) is 0 Å². The lowest BCUT2D eigenvalue weighted by Crippen LogP contribution is -2.24. The highest BCUT2D eigenvalue weighted by atomic mass is 16.5. The molecule has 19 heavy (non-hydrogen) atoms. The third-order valence-corrected chi connectivity index (χ3v) is 3.19. The fourth-order valence-corrected chi connectivity index (χ4v) is 2.03. The van der Waals surface area contributed by atoms with Gasteiger partial charge in [0, 0.05) is 6.54 Å². The SMILES string of the molecule is NC[C@H](CCc1ccccc1)OCc1ccccc1. The molecule has 0 unspecified atom stereocenters. The lowest BCUT2D eigenvalue weighted by molar-refractivity contribution is 0.0411. The van der Waals surface area contributed by atoms with Crippen LogP contribution in [0, 0.1) is 0 Å². The first-order chi connectivity index (χ1) is 9.38. The zero-order valence-corrected chi connectivity index (χ0v) is 11.2. The zero-order chi connectivity index (χ0) is 13.3. The van der Waals surface area contributed by atoms with Gasteiger partial charge in [0.25, 0.3) is 0 Å². The van der Waals surface area contributed by atoms with E-state index >= 15 is 0 Å². The van der Waals surface area contributed by atoms with Gasteiger partial charge in [0.2, 0.25) is 0 Å². The van der Waals surface area contributed by atoms with E-state index in [-0.39, 0.29) is 6.10 Å². The van der Waals surface area contributed by atoms with Crippen molar-refractivity contribution in [3.63, 3.8) is 0 Å². The Bertz CT molecular complexity index is 412. The summed E-state index contributed by atoms with van der Waals surface area (Å²) in [4.78, 5) is 0. The number of ether oxygens (including phenoxy) is 1. The van der Waals surface area contributed by atoms with Gasteiger partial charge in [-0.25, -0.2) is 0 Å². The van der Waals surface area contributed by atoms with E-state index < -0.39 is 0 Å². The number of rotatable bonds is 7. The molecule has 0 radical (unpaired) electrons. The fraction of sp³-hybridized carbons (Fsp3) is 0.294. The largest absolute Gasteiger partial charge is 0.372 e. The van der Waals surface area contributed by atoms with Gasteiger partial charge in [-0.3, -0.25) is 0 Å². The molecule has 2 heteroatoms. The Morgan fingerprint density at radius 3 is 2.00 bits per heavy atom. The first-order valence-electron chi connectivity index (χ1n) is 6.78. The van der Waals surface area contributed by atoms with Crippen molar-refractivity contribution in [3.05, 3.63) is 71.8 Å². The number of hydrogen-bond acceptors (Lipinski definition) is 2. The van der Waals surface area contributed by atoms with E-state index in [1.165, 1.54) is 11.1 Å². The maximum atomic E-state index is 5.87. The minimum Gasteiger partial charge on any atom is -0.372 e. The van der Waals surface area contributed by atoms with Gasteiger partial charge in [0.15, 0.2) is 0 Å². The summed E-state index contributed by atoms with van der Waals surface area (Å²) in [6.45, 7) is 1.21. The number of hydrogen-bond donors (Lipinski definition) is 1. The maximum absolute atomic E-state index is 5.87. The molecule has 0 fully saturated rings. The molecule has 0 aliphatic heterocycles. The zero-order valence-electron chi connectivity index (χ0n) is 11.2. The van der Waals surface area contributed by atoms with Crippen molar-refractivity contribution in [1.82, 2.24) is 0 Å². The second-order valence-corrected chi connectivity index (χ2v) is 4.68.